The molecule has 0 saturated heterocycles. The third kappa shape index (κ3) is 4.20. The Kier molecular flexibility index (Phi) is 4.43. The molecule has 1 nitrogen and oxygen atoms in total. The van der Waals surface area contributed by atoms with Gasteiger partial charge in [0.2, 0.25) is 0 Å². The summed E-state index contributed by atoms with van der Waals surface area (Å²) >= 11 is 0. The summed E-state index contributed by atoms with van der Waals surface area (Å²) in [4.78, 5) is 2.35. The molecule has 0 radical (unpaired) electrons. The molecule has 0 N–H and O–H groups in total. The number of rotatable bonds is 3. The summed E-state index contributed by atoms with van der Waals surface area (Å²) in [6, 6.07) is 0.643. The highest BCUT2D eigenvalue weighted by Crippen LogP contribution is 2.05. The highest BCUT2D eigenvalue weighted by atomic mass is 15.1. The van der Waals surface area contributed by atoms with Gasteiger partial charge in [-0.05, 0) is 41.7 Å². The van der Waals surface area contributed by atoms with Crippen LogP contribution < -0.4 is 0 Å². The smallest absolute Gasteiger partial charge is 0.0192 e. The first-order valence-corrected chi connectivity index (χ1v) is 4.28. The molecule has 0 saturated carbocycles. The molecule has 0 rings (SSSR count). The minimum Gasteiger partial charge on any atom is -0.300 e. The quantitative estimate of drug-likeness (QED) is 0.566. The maximum atomic E-state index is 2.35. The fourth-order valence-corrected chi connectivity index (χ4v) is 0.715. The van der Waals surface area contributed by atoms with Gasteiger partial charge >= 0.3 is 0 Å². The van der Waals surface area contributed by atoms with E-state index < -0.39 is 0 Å². The van der Waals surface area contributed by atoms with Crippen molar-refractivity contribution in [1.29, 1.82) is 0 Å². The lowest BCUT2D eigenvalue weighted by atomic mass is 10.1. The van der Waals surface area contributed by atoms with Gasteiger partial charge < -0.3 is 4.90 Å². The van der Waals surface area contributed by atoms with Gasteiger partial charge in [0.25, 0.3) is 0 Å². The van der Waals surface area contributed by atoms with Crippen LogP contribution in [-0.4, -0.2) is 24.5 Å². The summed E-state index contributed by atoms with van der Waals surface area (Å²) in [5.74, 6) is 0. The molecule has 0 aromatic rings. The molecule has 66 valence electrons. The van der Waals surface area contributed by atoms with Crippen LogP contribution in [0, 0.1) is 0 Å². The number of nitrogens with zero attached hydrogens (tertiary/aromatic N) is 1. The van der Waals surface area contributed by atoms with Crippen molar-refractivity contribution >= 4 is 0 Å². The first-order valence-electron chi connectivity index (χ1n) is 4.28. The SMILES string of the molecule is CC(C)=C(C)CN(C)C(C)C. The molecule has 0 fully saturated rings. The van der Waals surface area contributed by atoms with Gasteiger partial charge in [0.15, 0.2) is 0 Å². The Bertz CT molecular complexity index is 141. The van der Waals surface area contributed by atoms with Crippen molar-refractivity contribution in [1.82, 2.24) is 4.90 Å². The van der Waals surface area contributed by atoms with Crippen molar-refractivity contribution in [2.75, 3.05) is 13.6 Å². The number of likely N-dealkylation sites (N-methyl/N-ethyl adjacent to an activating group) is 1. The fraction of sp³-hybridized carbons (Fsp3) is 0.800. The third-order valence-corrected chi connectivity index (χ3v) is 2.22. The Balaban J connectivity index is 3.96. The third-order valence-electron chi connectivity index (χ3n) is 2.22. The van der Waals surface area contributed by atoms with Gasteiger partial charge in [0, 0.05) is 12.6 Å². The zero-order valence-corrected chi connectivity index (χ0v) is 8.73. The van der Waals surface area contributed by atoms with E-state index in [4.69, 9.17) is 0 Å². The number of hydrogen-bond acceptors (Lipinski definition) is 1. The van der Waals surface area contributed by atoms with Gasteiger partial charge in [-0.25, -0.2) is 0 Å². The first-order chi connectivity index (χ1) is 4.95. The van der Waals surface area contributed by atoms with Crippen LogP contribution in [-0.2, 0) is 0 Å². The van der Waals surface area contributed by atoms with E-state index >= 15 is 0 Å². The zero-order chi connectivity index (χ0) is 9.02. The molecule has 0 aliphatic carbocycles. The van der Waals surface area contributed by atoms with Crippen LogP contribution in [0.3, 0.4) is 0 Å². The van der Waals surface area contributed by atoms with Crippen molar-refractivity contribution in [3.63, 3.8) is 0 Å². The second kappa shape index (κ2) is 4.55. The topological polar surface area (TPSA) is 3.24 Å². The minimum absolute atomic E-state index is 0.643. The van der Waals surface area contributed by atoms with E-state index in [1.807, 2.05) is 0 Å². The Morgan fingerprint density at radius 3 is 1.91 bits per heavy atom. The molecule has 0 amide bonds. The van der Waals surface area contributed by atoms with E-state index in [1.165, 1.54) is 11.1 Å². The van der Waals surface area contributed by atoms with Gasteiger partial charge in [0.1, 0.15) is 0 Å². The van der Waals surface area contributed by atoms with Crippen molar-refractivity contribution in [3.8, 4) is 0 Å². The second-order valence-electron chi connectivity index (χ2n) is 3.79. The predicted octanol–water partition coefficient (Wildman–Crippen LogP) is 2.68. The summed E-state index contributed by atoms with van der Waals surface area (Å²) in [5, 5.41) is 0. The molecule has 0 bridgehead atoms. The minimum atomic E-state index is 0.643. The van der Waals surface area contributed by atoms with Crippen molar-refractivity contribution < 1.29 is 0 Å². The van der Waals surface area contributed by atoms with Crippen LogP contribution >= 0.6 is 0 Å². The Morgan fingerprint density at radius 2 is 1.64 bits per heavy atom. The van der Waals surface area contributed by atoms with Crippen LogP contribution in [0.4, 0.5) is 0 Å². The summed E-state index contributed by atoms with van der Waals surface area (Å²) in [5.41, 5.74) is 2.93. The number of hydrogen-bond donors (Lipinski definition) is 0. The maximum Gasteiger partial charge on any atom is 0.0192 e. The lowest BCUT2D eigenvalue weighted by molar-refractivity contribution is 0.296. The van der Waals surface area contributed by atoms with Gasteiger partial charge in [-0.15, -0.1) is 0 Å². The fourth-order valence-electron chi connectivity index (χ4n) is 0.715. The summed E-state index contributed by atoms with van der Waals surface area (Å²) in [7, 11) is 2.16. The lowest BCUT2D eigenvalue weighted by Crippen LogP contribution is -2.28. The highest BCUT2D eigenvalue weighted by Gasteiger charge is 2.03. The molecule has 0 heterocycles. The van der Waals surface area contributed by atoms with Gasteiger partial charge in [-0.3, -0.25) is 0 Å². The molecule has 0 aromatic heterocycles. The average Bonchev–Trinajstić information content (AvgIpc) is 1.87. The van der Waals surface area contributed by atoms with Crippen molar-refractivity contribution in [2.45, 2.75) is 40.7 Å². The van der Waals surface area contributed by atoms with Crippen molar-refractivity contribution in [3.05, 3.63) is 11.1 Å². The van der Waals surface area contributed by atoms with Gasteiger partial charge in [-0.1, -0.05) is 11.1 Å². The molecule has 11 heavy (non-hydrogen) atoms. The van der Waals surface area contributed by atoms with Crippen LogP contribution in [0.15, 0.2) is 11.1 Å². The van der Waals surface area contributed by atoms with Crippen LogP contribution in [0.25, 0.3) is 0 Å². The summed E-state index contributed by atoms with van der Waals surface area (Å²) in [6.45, 7) is 12.1. The van der Waals surface area contributed by atoms with Gasteiger partial charge in [0.05, 0.1) is 0 Å². The Labute approximate surface area is 71.1 Å². The molecule has 0 atom stereocenters. The van der Waals surface area contributed by atoms with E-state index in [-0.39, 0.29) is 0 Å². The molecule has 0 aliphatic heterocycles. The highest BCUT2D eigenvalue weighted by molar-refractivity contribution is 5.08. The Hall–Kier alpha value is -0.300. The molecular weight excluding hydrogens is 134 g/mol. The number of allylic oxidation sites excluding steroid dienone is 1. The van der Waals surface area contributed by atoms with Gasteiger partial charge in [-0.2, -0.15) is 0 Å². The van der Waals surface area contributed by atoms with E-state index in [1.54, 1.807) is 0 Å². The standard InChI is InChI=1S/C10H21N/c1-8(2)10(5)7-11(6)9(3)4/h9H,7H2,1-6H3. The average molecular weight is 155 g/mol. The monoisotopic (exact) mass is 155 g/mol. The second-order valence-corrected chi connectivity index (χ2v) is 3.79. The normalized spacial score (nSPS) is 10.9. The van der Waals surface area contributed by atoms with E-state index in [0.29, 0.717) is 6.04 Å². The van der Waals surface area contributed by atoms with Crippen LogP contribution in [0.2, 0.25) is 0 Å². The zero-order valence-electron chi connectivity index (χ0n) is 8.73. The maximum absolute atomic E-state index is 2.35. The van der Waals surface area contributed by atoms with Crippen molar-refractivity contribution in [2.24, 2.45) is 0 Å². The predicted molar refractivity (Wildman–Crippen MR) is 51.8 cm³/mol. The summed E-state index contributed by atoms with van der Waals surface area (Å²) < 4.78 is 0. The molecular formula is C10H21N. The molecule has 0 aromatic carbocycles. The molecule has 0 unspecified atom stereocenters. The lowest BCUT2D eigenvalue weighted by Gasteiger charge is -2.21. The largest absolute Gasteiger partial charge is 0.300 e. The van der Waals surface area contributed by atoms with E-state index in [9.17, 15) is 0 Å². The van der Waals surface area contributed by atoms with Crippen LogP contribution in [0.1, 0.15) is 34.6 Å². The summed E-state index contributed by atoms with van der Waals surface area (Å²) in [6.07, 6.45) is 0. The molecule has 0 aliphatic rings. The van der Waals surface area contributed by atoms with E-state index in [0.717, 1.165) is 6.54 Å². The molecule has 1 heteroatoms. The van der Waals surface area contributed by atoms with Crippen LogP contribution in [0.5, 0.6) is 0 Å². The van der Waals surface area contributed by atoms with E-state index in [2.05, 4.69) is 46.6 Å². The Morgan fingerprint density at radius 1 is 1.18 bits per heavy atom. The first kappa shape index (κ1) is 10.7. The molecule has 0 spiro atoms.